The van der Waals surface area contributed by atoms with Gasteiger partial charge in [0.15, 0.2) is 11.6 Å². The van der Waals surface area contributed by atoms with E-state index in [1.807, 2.05) is 0 Å². The predicted molar refractivity (Wildman–Crippen MR) is 67.8 cm³/mol. The number of rotatable bonds is 1. The number of nitrogens with zero attached hydrogens (tertiary/aromatic N) is 1. The first-order valence-corrected chi connectivity index (χ1v) is 5.70. The van der Waals surface area contributed by atoms with Crippen LogP contribution in [0.25, 0.3) is 22.4 Å². The maximum Gasteiger partial charge on any atom is 0.186 e. The van der Waals surface area contributed by atoms with Gasteiger partial charge in [0, 0.05) is 0 Å². The number of imidazole rings is 1. The first kappa shape index (κ1) is 11.6. The molecule has 19 heavy (non-hydrogen) atoms. The molecular formula is C14H10F2N2O. The molecule has 0 spiro atoms. The number of H-pyrrole nitrogens is 1. The van der Waals surface area contributed by atoms with Gasteiger partial charge in [0.2, 0.25) is 0 Å². The average Bonchev–Trinajstić information content (AvgIpc) is 2.82. The number of aromatic hydroxyl groups is 1. The molecule has 0 fully saturated rings. The van der Waals surface area contributed by atoms with Crippen molar-refractivity contribution in [1.82, 2.24) is 9.97 Å². The summed E-state index contributed by atoms with van der Waals surface area (Å²) in [5.74, 6) is -1.56. The van der Waals surface area contributed by atoms with Crippen LogP contribution in [0.3, 0.4) is 0 Å². The van der Waals surface area contributed by atoms with E-state index in [2.05, 4.69) is 9.97 Å². The number of phenols is 1. The summed E-state index contributed by atoms with van der Waals surface area (Å²) < 4.78 is 26.7. The van der Waals surface area contributed by atoms with Gasteiger partial charge in [-0.25, -0.2) is 13.8 Å². The smallest absolute Gasteiger partial charge is 0.186 e. The Morgan fingerprint density at radius 2 is 1.95 bits per heavy atom. The van der Waals surface area contributed by atoms with Gasteiger partial charge in [-0.1, -0.05) is 12.1 Å². The van der Waals surface area contributed by atoms with Crippen LogP contribution in [0.1, 0.15) is 5.56 Å². The molecule has 1 aromatic heterocycles. The van der Waals surface area contributed by atoms with Gasteiger partial charge in [-0.3, -0.25) is 0 Å². The Balaban J connectivity index is 2.27. The normalized spacial score (nSPS) is 11.1. The summed E-state index contributed by atoms with van der Waals surface area (Å²) in [5, 5.41) is 9.97. The van der Waals surface area contributed by atoms with E-state index >= 15 is 0 Å². The molecule has 0 radical (unpaired) electrons. The molecule has 0 aliphatic carbocycles. The van der Waals surface area contributed by atoms with Gasteiger partial charge in [0.1, 0.15) is 17.1 Å². The molecule has 0 saturated carbocycles. The Bertz CT molecular complexity index is 780. The zero-order valence-electron chi connectivity index (χ0n) is 10.0. The van der Waals surface area contributed by atoms with E-state index in [-0.39, 0.29) is 11.3 Å². The molecule has 0 amide bonds. The van der Waals surface area contributed by atoms with Crippen LogP contribution >= 0.6 is 0 Å². The minimum Gasteiger partial charge on any atom is -0.507 e. The number of hydrogen-bond donors (Lipinski definition) is 2. The van der Waals surface area contributed by atoms with Gasteiger partial charge in [-0.2, -0.15) is 0 Å². The number of fused-ring (bicyclic) bond motifs is 1. The second-order valence-electron chi connectivity index (χ2n) is 4.31. The second-order valence-corrected chi connectivity index (χ2v) is 4.31. The summed E-state index contributed by atoms with van der Waals surface area (Å²) in [5.41, 5.74) is 1.45. The summed E-state index contributed by atoms with van der Waals surface area (Å²) in [7, 11) is 0. The van der Waals surface area contributed by atoms with E-state index in [0.717, 1.165) is 6.07 Å². The topological polar surface area (TPSA) is 48.9 Å². The predicted octanol–water partition coefficient (Wildman–Crippen LogP) is 3.52. The zero-order valence-corrected chi connectivity index (χ0v) is 10.0. The Morgan fingerprint density at radius 1 is 1.16 bits per heavy atom. The molecule has 3 aromatic rings. The van der Waals surface area contributed by atoms with Gasteiger partial charge < -0.3 is 10.1 Å². The summed E-state index contributed by atoms with van der Waals surface area (Å²) >= 11 is 0. The van der Waals surface area contributed by atoms with E-state index in [4.69, 9.17) is 0 Å². The SMILES string of the molecule is Cc1cccc(-c2nc3c(F)c(F)ccc3[nH]2)c1O. The highest BCUT2D eigenvalue weighted by Gasteiger charge is 2.15. The lowest BCUT2D eigenvalue weighted by Crippen LogP contribution is -1.85. The van der Waals surface area contributed by atoms with E-state index in [1.165, 1.54) is 6.07 Å². The Labute approximate surface area is 107 Å². The molecule has 2 aromatic carbocycles. The number of nitrogens with one attached hydrogen (secondary N) is 1. The second kappa shape index (κ2) is 4.05. The highest BCUT2D eigenvalue weighted by molar-refractivity contribution is 5.81. The molecule has 1 heterocycles. The van der Waals surface area contributed by atoms with E-state index in [9.17, 15) is 13.9 Å². The highest BCUT2D eigenvalue weighted by atomic mass is 19.2. The quantitative estimate of drug-likeness (QED) is 0.703. The molecule has 0 saturated heterocycles. The fourth-order valence-corrected chi connectivity index (χ4v) is 2.00. The third kappa shape index (κ3) is 1.74. The number of phenolic OH excluding ortho intramolecular Hbond substituents is 1. The largest absolute Gasteiger partial charge is 0.507 e. The molecule has 0 bridgehead atoms. The van der Waals surface area contributed by atoms with Crippen molar-refractivity contribution in [1.29, 1.82) is 0 Å². The van der Waals surface area contributed by atoms with Gasteiger partial charge in [0.25, 0.3) is 0 Å². The fraction of sp³-hybridized carbons (Fsp3) is 0.0714. The van der Waals surface area contributed by atoms with Crippen LogP contribution in [0.5, 0.6) is 5.75 Å². The Kier molecular flexibility index (Phi) is 2.48. The molecular weight excluding hydrogens is 250 g/mol. The Hall–Kier alpha value is -2.43. The molecule has 96 valence electrons. The first-order chi connectivity index (χ1) is 9.08. The maximum absolute atomic E-state index is 13.6. The van der Waals surface area contributed by atoms with Crippen LogP contribution in [0, 0.1) is 18.6 Å². The van der Waals surface area contributed by atoms with Crippen molar-refractivity contribution in [2.75, 3.05) is 0 Å². The van der Waals surface area contributed by atoms with Gasteiger partial charge in [0.05, 0.1) is 11.1 Å². The standard InChI is InChI=1S/C14H10F2N2O/c1-7-3-2-4-8(13(7)19)14-17-10-6-5-9(15)11(16)12(10)18-14/h2-6,19H,1H3,(H,17,18). The maximum atomic E-state index is 13.6. The summed E-state index contributed by atoms with van der Waals surface area (Å²) in [4.78, 5) is 6.88. The van der Waals surface area contributed by atoms with Gasteiger partial charge in [-0.05, 0) is 30.7 Å². The number of aromatic amines is 1. The summed E-state index contributed by atoms with van der Waals surface area (Å²) in [6, 6.07) is 7.62. The van der Waals surface area contributed by atoms with Crippen molar-refractivity contribution in [3.63, 3.8) is 0 Å². The van der Waals surface area contributed by atoms with Crippen molar-refractivity contribution < 1.29 is 13.9 Å². The van der Waals surface area contributed by atoms with Crippen LogP contribution in [-0.4, -0.2) is 15.1 Å². The van der Waals surface area contributed by atoms with Crippen LogP contribution in [0.2, 0.25) is 0 Å². The van der Waals surface area contributed by atoms with Gasteiger partial charge >= 0.3 is 0 Å². The van der Waals surface area contributed by atoms with Crippen LogP contribution in [0.4, 0.5) is 8.78 Å². The number of aryl methyl sites for hydroxylation is 1. The summed E-state index contributed by atoms with van der Waals surface area (Å²) in [6.07, 6.45) is 0. The van der Waals surface area contributed by atoms with Gasteiger partial charge in [-0.15, -0.1) is 0 Å². The minimum atomic E-state index is -0.993. The van der Waals surface area contributed by atoms with Crippen molar-refractivity contribution >= 4 is 11.0 Å². The van der Waals surface area contributed by atoms with E-state index in [0.29, 0.717) is 22.5 Å². The van der Waals surface area contributed by atoms with Crippen LogP contribution in [-0.2, 0) is 0 Å². The first-order valence-electron chi connectivity index (χ1n) is 5.70. The molecule has 3 rings (SSSR count). The molecule has 5 heteroatoms. The van der Waals surface area contributed by atoms with Crippen molar-refractivity contribution in [2.45, 2.75) is 6.92 Å². The molecule has 2 N–H and O–H groups in total. The lowest BCUT2D eigenvalue weighted by atomic mass is 10.1. The van der Waals surface area contributed by atoms with Crippen LogP contribution in [0.15, 0.2) is 30.3 Å². The minimum absolute atomic E-state index is 0.0717. The molecule has 0 unspecified atom stereocenters. The van der Waals surface area contributed by atoms with Crippen molar-refractivity contribution in [2.24, 2.45) is 0 Å². The third-order valence-electron chi connectivity index (χ3n) is 3.04. The summed E-state index contributed by atoms with van der Waals surface area (Å²) in [6.45, 7) is 1.75. The lowest BCUT2D eigenvalue weighted by molar-refractivity contribution is 0.473. The van der Waals surface area contributed by atoms with E-state index in [1.54, 1.807) is 25.1 Å². The number of aromatic nitrogens is 2. The third-order valence-corrected chi connectivity index (χ3v) is 3.04. The molecule has 3 nitrogen and oxygen atoms in total. The number of para-hydroxylation sites is 1. The Morgan fingerprint density at radius 3 is 2.74 bits per heavy atom. The van der Waals surface area contributed by atoms with Crippen molar-refractivity contribution in [3.05, 3.63) is 47.5 Å². The molecule has 0 aliphatic heterocycles. The average molecular weight is 260 g/mol. The molecule has 0 atom stereocenters. The lowest BCUT2D eigenvalue weighted by Gasteiger charge is -2.03. The number of benzene rings is 2. The van der Waals surface area contributed by atoms with Crippen molar-refractivity contribution in [3.8, 4) is 17.1 Å². The number of halogens is 2. The monoisotopic (exact) mass is 260 g/mol. The number of hydrogen-bond acceptors (Lipinski definition) is 2. The molecule has 0 aliphatic rings. The zero-order chi connectivity index (χ0) is 13.6. The van der Waals surface area contributed by atoms with Crippen LogP contribution < -0.4 is 0 Å². The fourth-order valence-electron chi connectivity index (χ4n) is 2.00. The van der Waals surface area contributed by atoms with E-state index < -0.39 is 11.6 Å². The highest BCUT2D eigenvalue weighted by Crippen LogP contribution is 2.31.